The molecule has 21 heavy (non-hydrogen) atoms. The molecule has 0 saturated carbocycles. The standard InChI is InChI=1S/C12H14BrNO6S/c1-3-20-12(17)7(2)14-21(18,19)8-4-5-10(13)9(6-8)11(15)16/h4-7,14H,3H2,1-2H3,(H,15,16). The summed E-state index contributed by atoms with van der Waals surface area (Å²) in [6, 6.07) is 2.48. The minimum absolute atomic E-state index is 0.131. The molecule has 0 aliphatic heterocycles. The fourth-order valence-electron chi connectivity index (χ4n) is 1.45. The van der Waals surface area contributed by atoms with Crippen LogP contribution in [0.15, 0.2) is 27.6 Å². The van der Waals surface area contributed by atoms with Crippen molar-refractivity contribution in [2.45, 2.75) is 24.8 Å². The van der Waals surface area contributed by atoms with Crippen molar-refractivity contribution in [1.29, 1.82) is 0 Å². The van der Waals surface area contributed by atoms with E-state index >= 15 is 0 Å². The van der Waals surface area contributed by atoms with Crippen molar-refractivity contribution >= 4 is 37.9 Å². The molecule has 0 amide bonds. The monoisotopic (exact) mass is 379 g/mol. The third kappa shape index (κ3) is 4.51. The second-order valence-electron chi connectivity index (χ2n) is 4.04. The van der Waals surface area contributed by atoms with E-state index < -0.39 is 28.0 Å². The summed E-state index contributed by atoms with van der Waals surface area (Å²) in [4.78, 5) is 22.2. The molecule has 0 saturated heterocycles. The molecular weight excluding hydrogens is 366 g/mol. The summed E-state index contributed by atoms with van der Waals surface area (Å²) in [6.07, 6.45) is 0. The summed E-state index contributed by atoms with van der Waals surface area (Å²) in [5.74, 6) is -1.98. The minimum atomic E-state index is -4.03. The molecule has 0 aromatic heterocycles. The van der Waals surface area contributed by atoms with Gasteiger partial charge in [0.25, 0.3) is 0 Å². The van der Waals surface area contributed by atoms with Crippen molar-refractivity contribution in [3.63, 3.8) is 0 Å². The summed E-state index contributed by atoms with van der Waals surface area (Å²) < 4.78 is 31.3. The van der Waals surface area contributed by atoms with Crippen molar-refractivity contribution in [2.24, 2.45) is 0 Å². The minimum Gasteiger partial charge on any atom is -0.478 e. The van der Waals surface area contributed by atoms with Gasteiger partial charge in [-0.25, -0.2) is 13.2 Å². The predicted octanol–water partition coefficient (Wildman–Crippen LogP) is 1.38. The van der Waals surface area contributed by atoms with Crippen molar-refractivity contribution in [1.82, 2.24) is 4.72 Å². The number of halogens is 1. The van der Waals surface area contributed by atoms with Gasteiger partial charge in [0, 0.05) is 4.47 Å². The van der Waals surface area contributed by atoms with Crippen LogP contribution in [0.4, 0.5) is 0 Å². The molecule has 9 heteroatoms. The number of esters is 1. The SMILES string of the molecule is CCOC(=O)C(C)NS(=O)(=O)c1ccc(Br)c(C(=O)O)c1. The molecule has 0 heterocycles. The molecule has 0 aliphatic rings. The van der Waals surface area contributed by atoms with Crippen molar-refractivity contribution < 1.29 is 27.9 Å². The van der Waals surface area contributed by atoms with E-state index in [9.17, 15) is 18.0 Å². The number of carbonyl (C=O) groups excluding carboxylic acids is 1. The van der Waals surface area contributed by atoms with Gasteiger partial charge in [0.1, 0.15) is 6.04 Å². The Morgan fingerprint density at radius 1 is 1.43 bits per heavy atom. The molecule has 0 fully saturated rings. The number of benzene rings is 1. The molecule has 2 N–H and O–H groups in total. The van der Waals surface area contributed by atoms with E-state index in [-0.39, 0.29) is 21.5 Å². The molecule has 1 unspecified atom stereocenters. The van der Waals surface area contributed by atoms with Gasteiger partial charge in [0.05, 0.1) is 17.1 Å². The highest BCUT2D eigenvalue weighted by atomic mass is 79.9. The van der Waals surface area contributed by atoms with Crippen molar-refractivity contribution in [3.8, 4) is 0 Å². The van der Waals surface area contributed by atoms with Gasteiger partial charge in [-0.2, -0.15) is 4.72 Å². The number of nitrogens with one attached hydrogen (secondary N) is 1. The Hall–Kier alpha value is -1.45. The van der Waals surface area contributed by atoms with Crippen LogP contribution in [-0.2, 0) is 19.6 Å². The number of aromatic carboxylic acids is 1. The van der Waals surface area contributed by atoms with Gasteiger partial charge in [-0.05, 0) is 48.0 Å². The molecule has 116 valence electrons. The van der Waals surface area contributed by atoms with E-state index in [4.69, 9.17) is 9.84 Å². The second-order valence-corrected chi connectivity index (χ2v) is 6.61. The number of sulfonamides is 1. The Morgan fingerprint density at radius 2 is 2.05 bits per heavy atom. The third-order valence-corrected chi connectivity index (χ3v) is 4.68. The predicted molar refractivity (Wildman–Crippen MR) is 77.5 cm³/mol. The lowest BCUT2D eigenvalue weighted by Gasteiger charge is -2.13. The first-order chi connectivity index (χ1) is 9.69. The Morgan fingerprint density at radius 3 is 2.57 bits per heavy atom. The third-order valence-electron chi connectivity index (χ3n) is 2.45. The molecule has 0 radical (unpaired) electrons. The highest BCUT2D eigenvalue weighted by Gasteiger charge is 2.24. The Balaban J connectivity index is 3.06. The number of ether oxygens (including phenoxy) is 1. The van der Waals surface area contributed by atoms with E-state index in [2.05, 4.69) is 20.7 Å². The lowest BCUT2D eigenvalue weighted by atomic mass is 10.2. The van der Waals surface area contributed by atoms with Crippen LogP contribution in [0.3, 0.4) is 0 Å². The van der Waals surface area contributed by atoms with Crippen LogP contribution in [0.2, 0.25) is 0 Å². The highest BCUT2D eigenvalue weighted by molar-refractivity contribution is 9.10. The number of carboxylic acids is 1. The topological polar surface area (TPSA) is 110 Å². The fraction of sp³-hybridized carbons (Fsp3) is 0.333. The Bertz CT molecular complexity index is 658. The highest BCUT2D eigenvalue weighted by Crippen LogP contribution is 2.21. The largest absolute Gasteiger partial charge is 0.478 e. The summed E-state index contributed by atoms with van der Waals surface area (Å²) in [6.45, 7) is 3.08. The molecule has 1 atom stereocenters. The fourth-order valence-corrected chi connectivity index (χ4v) is 3.09. The van der Waals surface area contributed by atoms with Crippen LogP contribution in [0, 0.1) is 0 Å². The molecule has 0 bridgehead atoms. The molecule has 0 aliphatic carbocycles. The van der Waals surface area contributed by atoms with Gasteiger partial charge in [-0.1, -0.05) is 0 Å². The molecule has 0 spiro atoms. The van der Waals surface area contributed by atoms with E-state index in [0.717, 1.165) is 6.07 Å². The second kappa shape index (κ2) is 7.01. The summed E-state index contributed by atoms with van der Waals surface area (Å²) in [5.41, 5.74) is -0.193. The maximum Gasteiger partial charge on any atom is 0.336 e. The van der Waals surface area contributed by atoms with Gasteiger partial charge in [0.15, 0.2) is 0 Å². The van der Waals surface area contributed by atoms with E-state index in [0.29, 0.717) is 0 Å². The average molecular weight is 380 g/mol. The number of carbonyl (C=O) groups is 2. The average Bonchev–Trinajstić information content (AvgIpc) is 2.38. The smallest absolute Gasteiger partial charge is 0.336 e. The van der Waals surface area contributed by atoms with E-state index in [1.165, 1.54) is 19.1 Å². The molecule has 1 aromatic carbocycles. The van der Waals surface area contributed by atoms with Crippen molar-refractivity contribution in [2.75, 3.05) is 6.61 Å². The molecule has 1 rings (SSSR count). The summed E-state index contributed by atoms with van der Waals surface area (Å²) >= 11 is 3.02. The normalized spacial score (nSPS) is 12.7. The number of carboxylic acid groups (broad SMARTS) is 1. The quantitative estimate of drug-likeness (QED) is 0.722. The first kappa shape index (κ1) is 17.6. The number of rotatable bonds is 6. The summed E-state index contributed by atoms with van der Waals surface area (Å²) in [5, 5.41) is 8.98. The maximum absolute atomic E-state index is 12.1. The van der Waals surface area contributed by atoms with Gasteiger partial charge in [-0.3, -0.25) is 4.79 Å². The van der Waals surface area contributed by atoms with Crippen LogP contribution in [0.1, 0.15) is 24.2 Å². The Kier molecular flexibility index (Phi) is 5.87. The first-order valence-electron chi connectivity index (χ1n) is 5.91. The van der Waals surface area contributed by atoms with Gasteiger partial charge in [0.2, 0.25) is 10.0 Å². The Labute approximate surface area is 130 Å². The zero-order chi connectivity index (χ0) is 16.2. The van der Waals surface area contributed by atoms with E-state index in [1.807, 2.05) is 0 Å². The van der Waals surface area contributed by atoms with Gasteiger partial charge in [-0.15, -0.1) is 0 Å². The first-order valence-corrected chi connectivity index (χ1v) is 8.18. The number of hydrogen-bond acceptors (Lipinski definition) is 5. The lowest BCUT2D eigenvalue weighted by Crippen LogP contribution is -2.39. The van der Waals surface area contributed by atoms with Crippen LogP contribution in [0.25, 0.3) is 0 Å². The number of hydrogen-bond donors (Lipinski definition) is 2. The zero-order valence-electron chi connectivity index (χ0n) is 11.3. The molecular formula is C12H14BrNO6S. The molecule has 1 aromatic rings. The zero-order valence-corrected chi connectivity index (χ0v) is 13.7. The van der Waals surface area contributed by atoms with Crippen molar-refractivity contribution in [3.05, 3.63) is 28.2 Å². The molecule has 7 nitrogen and oxygen atoms in total. The van der Waals surface area contributed by atoms with Crippen LogP contribution in [0.5, 0.6) is 0 Å². The van der Waals surface area contributed by atoms with Crippen LogP contribution < -0.4 is 4.72 Å². The van der Waals surface area contributed by atoms with Crippen LogP contribution in [-0.4, -0.2) is 38.1 Å². The van der Waals surface area contributed by atoms with Gasteiger partial charge < -0.3 is 9.84 Å². The van der Waals surface area contributed by atoms with Gasteiger partial charge >= 0.3 is 11.9 Å². The lowest BCUT2D eigenvalue weighted by molar-refractivity contribution is -0.144. The summed E-state index contributed by atoms with van der Waals surface area (Å²) in [7, 11) is -4.03. The van der Waals surface area contributed by atoms with Crippen LogP contribution >= 0.6 is 15.9 Å². The maximum atomic E-state index is 12.1. The van der Waals surface area contributed by atoms with E-state index in [1.54, 1.807) is 6.92 Å².